The van der Waals surface area contributed by atoms with E-state index in [0.717, 1.165) is 23.0 Å². The van der Waals surface area contributed by atoms with Gasteiger partial charge in [-0.2, -0.15) is 0 Å². The predicted octanol–water partition coefficient (Wildman–Crippen LogP) is 0.961. The lowest BCUT2D eigenvalue weighted by Crippen LogP contribution is -2.23. The Kier molecular flexibility index (Phi) is 1.65. The lowest BCUT2D eigenvalue weighted by molar-refractivity contribution is -0.470. The summed E-state index contributed by atoms with van der Waals surface area (Å²) in [6, 6.07) is -0.329. The monoisotopic (exact) mass is 175 g/mol. The Labute approximate surface area is 76.0 Å². The third-order valence-corrected chi connectivity index (χ3v) is 2.29. The number of nitrogens with zero attached hydrogens (tertiary/aromatic N) is 1. The van der Waals surface area contributed by atoms with Gasteiger partial charge in [-0.3, -0.25) is 0 Å². The van der Waals surface area contributed by atoms with Crippen LogP contribution in [0.5, 0.6) is 0 Å². The first kappa shape index (κ1) is 7.98. The summed E-state index contributed by atoms with van der Waals surface area (Å²) in [7, 11) is 0. The Morgan fingerprint density at radius 1 is 1.62 bits per heavy atom. The van der Waals surface area contributed by atoms with E-state index in [9.17, 15) is 10.0 Å². The highest BCUT2D eigenvalue weighted by Gasteiger charge is 2.36. The minimum atomic E-state index is -0.329. The van der Waals surface area contributed by atoms with Crippen LogP contribution in [0.25, 0.3) is 0 Å². The second kappa shape index (κ2) is 2.69. The first-order chi connectivity index (χ1) is 6.24. The lowest BCUT2D eigenvalue weighted by Gasteiger charge is -2.17. The molecule has 0 aromatic carbocycles. The van der Waals surface area contributed by atoms with Gasteiger partial charge in [0.05, 0.1) is 0 Å². The SMILES string of the molecule is C=[N+]([O-])C1C(CC=O)=CC=C2C=C21. The molecule has 0 radical (unpaired) electrons. The maximum atomic E-state index is 11.1. The van der Waals surface area contributed by atoms with Crippen molar-refractivity contribution < 1.29 is 9.53 Å². The van der Waals surface area contributed by atoms with Crippen LogP contribution in [-0.2, 0) is 4.79 Å². The number of carbonyl (C=O) groups is 1. The highest BCUT2D eigenvalue weighted by molar-refractivity contribution is 5.68. The molecule has 0 amide bonds. The summed E-state index contributed by atoms with van der Waals surface area (Å²) in [4.78, 5) is 10.3. The zero-order valence-electron chi connectivity index (χ0n) is 7.06. The Morgan fingerprint density at radius 3 is 3.00 bits per heavy atom. The summed E-state index contributed by atoms with van der Waals surface area (Å²) in [5.41, 5.74) is 2.93. The lowest BCUT2D eigenvalue weighted by atomic mass is 9.97. The summed E-state index contributed by atoms with van der Waals surface area (Å²) in [5, 5.41) is 11.1. The molecule has 13 heavy (non-hydrogen) atoms. The van der Waals surface area contributed by atoms with E-state index >= 15 is 0 Å². The number of fused-ring (bicyclic) bond motifs is 1. The highest BCUT2D eigenvalue weighted by atomic mass is 16.5. The van der Waals surface area contributed by atoms with Gasteiger partial charge in [0.25, 0.3) is 0 Å². The average molecular weight is 175 g/mol. The van der Waals surface area contributed by atoms with Gasteiger partial charge >= 0.3 is 0 Å². The van der Waals surface area contributed by atoms with Crippen LogP contribution in [0, 0.1) is 5.21 Å². The molecular weight excluding hydrogens is 166 g/mol. The second-order valence-electron chi connectivity index (χ2n) is 3.15. The summed E-state index contributed by atoms with van der Waals surface area (Å²) in [5.74, 6) is 0. The Bertz CT molecular complexity index is 374. The van der Waals surface area contributed by atoms with Gasteiger partial charge in [-0.15, -0.1) is 0 Å². The van der Waals surface area contributed by atoms with Gasteiger partial charge in [-0.05, 0) is 11.6 Å². The highest BCUT2D eigenvalue weighted by Crippen LogP contribution is 2.39. The van der Waals surface area contributed by atoms with Crippen molar-refractivity contribution in [2.75, 3.05) is 0 Å². The van der Waals surface area contributed by atoms with Crippen molar-refractivity contribution in [3.05, 3.63) is 40.2 Å². The van der Waals surface area contributed by atoms with Gasteiger partial charge in [0.15, 0.2) is 0 Å². The molecule has 0 saturated heterocycles. The first-order valence-corrected chi connectivity index (χ1v) is 4.07. The topological polar surface area (TPSA) is 43.1 Å². The van der Waals surface area contributed by atoms with Crippen LogP contribution in [0.4, 0.5) is 0 Å². The van der Waals surface area contributed by atoms with Crippen LogP contribution in [0.3, 0.4) is 0 Å². The van der Waals surface area contributed by atoms with Crippen LogP contribution in [0.2, 0.25) is 0 Å². The van der Waals surface area contributed by atoms with Crippen molar-refractivity contribution in [3.8, 4) is 0 Å². The molecule has 0 aromatic heterocycles. The number of rotatable bonds is 3. The van der Waals surface area contributed by atoms with Gasteiger partial charge in [0.2, 0.25) is 6.04 Å². The van der Waals surface area contributed by atoms with E-state index in [2.05, 4.69) is 6.72 Å². The van der Waals surface area contributed by atoms with Crippen LogP contribution < -0.4 is 0 Å². The number of hydrogen-bond acceptors (Lipinski definition) is 2. The van der Waals surface area contributed by atoms with E-state index in [1.807, 2.05) is 18.2 Å². The van der Waals surface area contributed by atoms with Gasteiger partial charge in [-0.1, -0.05) is 12.2 Å². The molecule has 0 bridgehead atoms. The average Bonchev–Trinajstić information content (AvgIpc) is 2.82. The van der Waals surface area contributed by atoms with Crippen molar-refractivity contribution in [2.24, 2.45) is 0 Å². The molecule has 0 N–H and O–H groups in total. The van der Waals surface area contributed by atoms with E-state index < -0.39 is 0 Å². The van der Waals surface area contributed by atoms with Gasteiger partial charge < -0.3 is 10.0 Å². The van der Waals surface area contributed by atoms with Crippen LogP contribution >= 0.6 is 0 Å². The molecule has 2 aliphatic carbocycles. The predicted molar refractivity (Wildman–Crippen MR) is 49.5 cm³/mol. The molecule has 0 saturated carbocycles. The van der Waals surface area contributed by atoms with Gasteiger partial charge in [-0.25, -0.2) is 4.74 Å². The summed E-state index contributed by atoms with van der Waals surface area (Å²) in [6.45, 7) is 3.32. The van der Waals surface area contributed by atoms with Crippen LogP contribution in [0.1, 0.15) is 6.42 Å². The number of aldehydes is 1. The van der Waals surface area contributed by atoms with E-state index in [1.54, 1.807) is 0 Å². The van der Waals surface area contributed by atoms with Crippen LogP contribution in [0.15, 0.2) is 34.9 Å². The fourth-order valence-electron chi connectivity index (χ4n) is 1.62. The molecule has 1 atom stereocenters. The van der Waals surface area contributed by atoms with Gasteiger partial charge in [0.1, 0.15) is 13.0 Å². The molecular formula is C10H9NO2. The van der Waals surface area contributed by atoms with E-state index in [4.69, 9.17) is 0 Å². The second-order valence-corrected chi connectivity index (χ2v) is 3.15. The Morgan fingerprint density at radius 2 is 2.38 bits per heavy atom. The van der Waals surface area contributed by atoms with Crippen molar-refractivity contribution in [3.63, 3.8) is 0 Å². The molecule has 0 fully saturated rings. The van der Waals surface area contributed by atoms with E-state index in [-0.39, 0.29) is 6.04 Å². The number of carbonyl (C=O) groups excluding carboxylic acids is 1. The van der Waals surface area contributed by atoms with E-state index in [0.29, 0.717) is 11.2 Å². The zero-order chi connectivity index (χ0) is 9.42. The number of allylic oxidation sites excluding steroid dienone is 3. The molecule has 2 aliphatic rings. The first-order valence-electron chi connectivity index (χ1n) is 4.07. The minimum Gasteiger partial charge on any atom is -0.624 e. The van der Waals surface area contributed by atoms with E-state index in [1.165, 1.54) is 0 Å². The fraction of sp³-hybridized carbons (Fsp3) is 0.200. The molecule has 0 aromatic rings. The van der Waals surface area contributed by atoms with Crippen molar-refractivity contribution in [2.45, 2.75) is 12.5 Å². The smallest absolute Gasteiger partial charge is 0.210 e. The van der Waals surface area contributed by atoms with Crippen molar-refractivity contribution in [1.29, 1.82) is 0 Å². The summed E-state index contributed by atoms with van der Waals surface area (Å²) < 4.78 is 0.654. The molecule has 3 nitrogen and oxygen atoms in total. The largest absolute Gasteiger partial charge is 0.624 e. The fourth-order valence-corrected chi connectivity index (χ4v) is 1.62. The molecule has 2 rings (SSSR count). The molecule has 0 aliphatic heterocycles. The minimum absolute atomic E-state index is 0.306. The van der Waals surface area contributed by atoms with Crippen LogP contribution in [-0.4, -0.2) is 23.8 Å². The Hall–Kier alpha value is -1.64. The molecule has 0 spiro atoms. The maximum absolute atomic E-state index is 11.1. The summed E-state index contributed by atoms with van der Waals surface area (Å²) in [6.07, 6.45) is 6.81. The van der Waals surface area contributed by atoms with Crippen molar-refractivity contribution in [1.82, 2.24) is 0 Å². The number of hydroxylamine groups is 1. The maximum Gasteiger partial charge on any atom is 0.210 e. The molecule has 0 heterocycles. The quantitative estimate of drug-likeness (QED) is 0.211. The third-order valence-electron chi connectivity index (χ3n) is 2.29. The normalized spacial score (nSPS) is 23.7. The zero-order valence-corrected chi connectivity index (χ0v) is 7.06. The summed E-state index contributed by atoms with van der Waals surface area (Å²) >= 11 is 0. The molecule has 1 unspecified atom stereocenters. The standard InChI is InChI=1S/C10H9NO2/c1-11(13)10-7(4-5-12)2-3-8-6-9(8)10/h2-3,5-6,10H,1,4H2. The molecule has 66 valence electrons. The molecule has 3 heteroatoms. The van der Waals surface area contributed by atoms with Crippen molar-refractivity contribution >= 4 is 13.0 Å². The third kappa shape index (κ3) is 1.22. The Balaban J connectivity index is 2.28. The van der Waals surface area contributed by atoms with Gasteiger partial charge in [0, 0.05) is 17.6 Å². The number of hydrogen-bond donors (Lipinski definition) is 0.